The van der Waals surface area contributed by atoms with Gasteiger partial charge in [0.25, 0.3) is 0 Å². The molecular formula is C13H25N3O3. The van der Waals surface area contributed by atoms with E-state index in [-0.39, 0.29) is 6.09 Å². The average Bonchev–Trinajstić information content (AvgIpc) is 2.77. The Labute approximate surface area is 115 Å². The number of nitrogens with zero attached hydrogens (tertiary/aromatic N) is 2. The molecule has 1 atom stereocenters. The molecule has 0 aromatic carbocycles. The Kier molecular flexibility index (Phi) is 4.65. The van der Waals surface area contributed by atoms with Crippen LogP contribution in [-0.4, -0.2) is 67.0 Å². The summed E-state index contributed by atoms with van der Waals surface area (Å²) in [5.74, 6) is 0. The van der Waals surface area contributed by atoms with Gasteiger partial charge in [-0.05, 0) is 27.2 Å². The topological polar surface area (TPSA) is 54.0 Å². The summed E-state index contributed by atoms with van der Waals surface area (Å²) >= 11 is 0. The van der Waals surface area contributed by atoms with Crippen molar-refractivity contribution in [1.29, 1.82) is 0 Å². The lowest BCUT2D eigenvalue weighted by Crippen LogP contribution is -2.51. The van der Waals surface area contributed by atoms with Gasteiger partial charge in [-0.1, -0.05) is 0 Å². The first kappa shape index (κ1) is 14.6. The first-order valence-electron chi connectivity index (χ1n) is 7.01. The number of ether oxygens (including phenoxy) is 2. The molecule has 0 saturated carbocycles. The number of hydrogen-bond acceptors (Lipinski definition) is 5. The minimum absolute atomic E-state index is 0.209. The fourth-order valence-corrected chi connectivity index (χ4v) is 2.31. The second-order valence-electron chi connectivity index (χ2n) is 6.14. The highest BCUT2D eigenvalue weighted by Gasteiger charge is 2.30. The monoisotopic (exact) mass is 271 g/mol. The predicted octanol–water partition coefficient (Wildman–Crippen LogP) is 0.833. The van der Waals surface area contributed by atoms with Crippen LogP contribution >= 0.6 is 0 Å². The van der Waals surface area contributed by atoms with E-state index >= 15 is 0 Å². The maximum atomic E-state index is 11.9. The summed E-state index contributed by atoms with van der Waals surface area (Å²) < 4.78 is 10.7. The molecule has 0 aromatic heterocycles. The Morgan fingerprint density at radius 3 is 2.58 bits per heavy atom. The summed E-state index contributed by atoms with van der Waals surface area (Å²) in [6.45, 7) is 10.5. The molecule has 2 aliphatic heterocycles. The molecule has 0 radical (unpaired) electrons. The van der Waals surface area contributed by atoms with Gasteiger partial charge in [-0.15, -0.1) is 0 Å². The largest absolute Gasteiger partial charge is 0.444 e. The van der Waals surface area contributed by atoms with E-state index in [1.165, 1.54) is 0 Å². The molecular weight excluding hydrogens is 246 g/mol. The number of carbonyl (C=O) groups excluding carboxylic acids is 1. The molecule has 19 heavy (non-hydrogen) atoms. The van der Waals surface area contributed by atoms with Crippen LogP contribution in [0.15, 0.2) is 0 Å². The molecule has 0 spiro atoms. The number of nitrogens with one attached hydrogen (secondary N) is 1. The van der Waals surface area contributed by atoms with E-state index < -0.39 is 5.60 Å². The number of hydrogen-bond donors (Lipinski definition) is 1. The lowest BCUT2D eigenvalue weighted by Gasteiger charge is -2.30. The molecule has 0 aliphatic carbocycles. The molecule has 1 N–H and O–H groups in total. The zero-order valence-electron chi connectivity index (χ0n) is 12.1. The van der Waals surface area contributed by atoms with Gasteiger partial charge in [0.2, 0.25) is 0 Å². The van der Waals surface area contributed by atoms with Crippen molar-refractivity contribution in [1.82, 2.24) is 15.3 Å². The van der Waals surface area contributed by atoms with Crippen LogP contribution in [0.25, 0.3) is 0 Å². The van der Waals surface area contributed by atoms with Gasteiger partial charge in [-0.2, -0.15) is 0 Å². The molecule has 2 heterocycles. The van der Waals surface area contributed by atoms with Crippen LogP contribution in [0.2, 0.25) is 0 Å². The van der Waals surface area contributed by atoms with Crippen LogP contribution < -0.4 is 5.43 Å². The molecule has 6 nitrogen and oxygen atoms in total. The summed E-state index contributed by atoms with van der Waals surface area (Å²) in [6, 6.07) is 0.325. The molecule has 0 bridgehead atoms. The summed E-state index contributed by atoms with van der Waals surface area (Å²) in [7, 11) is 0. The summed E-state index contributed by atoms with van der Waals surface area (Å²) in [5, 5.41) is 2.19. The third-order valence-electron chi connectivity index (χ3n) is 3.22. The van der Waals surface area contributed by atoms with Crippen LogP contribution in [-0.2, 0) is 9.47 Å². The first-order valence-corrected chi connectivity index (χ1v) is 7.01. The Bertz CT molecular complexity index is 311. The van der Waals surface area contributed by atoms with Gasteiger partial charge in [-0.3, -0.25) is 5.43 Å². The highest BCUT2D eigenvalue weighted by Crippen LogP contribution is 2.15. The standard InChI is InChI=1S/C13H25N3O3/c1-13(2,3)19-12(17)15-5-4-11(10-15)14-16-6-8-18-9-7-16/h11,14H,4-10H2,1-3H3. The second-order valence-corrected chi connectivity index (χ2v) is 6.14. The van der Waals surface area contributed by atoms with Crippen molar-refractivity contribution >= 4 is 6.09 Å². The van der Waals surface area contributed by atoms with Crippen molar-refractivity contribution in [3.8, 4) is 0 Å². The van der Waals surface area contributed by atoms with Crippen molar-refractivity contribution < 1.29 is 14.3 Å². The fraction of sp³-hybridized carbons (Fsp3) is 0.923. The molecule has 1 unspecified atom stereocenters. The second kappa shape index (κ2) is 6.07. The van der Waals surface area contributed by atoms with Crippen molar-refractivity contribution in [3.05, 3.63) is 0 Å². The molecule has 0 aromatic rings. The van der Waals surface area contributed by atoms with Crippen molar-refractivity contribution in [3.63, 3.8) is 0 Å². The van der Waals surface area contributed by atoms with Crippen LogP contribution in [0.5, 0.6) is 0 Å². The highest BCUT2D eigenvalue weighted by atomic mass is 16.6. The molecule has 2 aliphatic rings. The SMILES string of the molecule is CC(C)(C)OC(=O)N1CCC(NN2CCOCC2)C1. The minimum atomic E-state index is -0.424. The van der Waals surface area contributed by atoms with E-state index in [9.17, 15) is 4.79 Å². The zero-order chi connectivity index (χ0) is 13.9. The van der Waals surface area contributed by atoms with Gasteiger partial charge in [0.05, 0.1) is 13.2 Å². The molecule has 2 rings (SSSR count). The highest BCUT2D eigenvalue weighted by molar-refractivity contribution is 5.68. The Morgan fingerprint density at radius 2 is 1.95 bits per heavy atom. The van der Waals surface area contributed by atoms with Gasteiger partial charge >= 0.3 is 6.09 Å². The van der Waals surface area contributed by atoms with E-state index in [0.717, 1.165) is 39.3 Å². The van der Waals surface area contributed by atoms with Crippen molar-refractivity contribution in [2.24, 2.45) is 0 Å². The van der Waals surface area contributed by atoms with Crippen LogP contribution in [0.1, 0.15) is 27.2 Å². The lowest BCUT2D eigenvalue weighted by molar-refractivity contribution is 0.00299. The predicted molar refractivity (Wildman–Crippen MR) is 71.7 cm³/mol. The number of amides is 1. The number of rotatable bonds is 2. The van der Waals surface area contributed by atoms with Crippen LogP contribution in [0, 0.1) is 0 Å². The third kappa shape index (κ3) is 4.63. The van der Waals surface area contributed by atoms with Gasteiger partial charge in [0, 0.05) is 32.2 Å². The molecule has 6 heteroatoms. The average molecular weight is 271 g/mol. The first-order chi connectivity index (χ1) is 8.94. The Morgan fingerprint density at radius 1 is 1.26 bits per heavy atom. The van der Waals surface area contributed by atoms with E-state index in [0.29, 0.717) is 12.6 Å². The Hall–Kier alpha value is -0.850. The zero-order valence-corrected chi connectivity index (χ0v) is 12.1. The van der Waals surface area contributed by atoms with E-state index in [1.807, 2.05) is 20.8 Å². The number of hydrazine groups is 1. The van der Waals surface area contributed by atoms with Crippen molar-refractivity contribution in [2.45, 2.75) is 38.8 Å². The van der Waals surface area contributed by atoms with Gasteiger partial charge in [-0.25, -0.2) is 9.80 Å². The summed E-state index contributed by atoms with van der Waals surface area (Å²) in [5.41, 5.74) is 3.05. The van der Waals surface area contributed by atoms with Gasteiger partial charge in [0.1, 0.15) is 5.60 Å². The third-order valence-corrected chi connectivity index (χ3v) is 3.22. The molecule has 1 amide bonds. The van der Waals surface area contributed by atoms with E-state index in [2.05, 4.69) is 10.4 Å². The normalized spacial score (nSPS) is 25.6. The van der Waals surface area contributed by atoms with Crippen LogP contribution in [0.3, 0.4) is 0 Å². The number of morpholine rings is 1. The smallest absolute Gasteiger partial charge is 0.410 e. The van der Waals surface area contributed by atoms with E-state index in [4.69, 9.17) is 9.47 Å². The number of carbonyl (C=O) groups is 1. The molecule has 2 fully saturated rings. The van der Waals surface area contributed by atoms with Crippen LogP contribution in [0.4, 0.5) is 4.79 Å². The van der Waals surface area contributed by atoms with Crippen molar-refractivity contribution in [2.75, 3.05) is 39.4 Å². The number of likely N-dealkylation sites (tertiary alicyclic amines) is 1. The Balaban J connectivity index is 1.74. The fourth-order valence-electron chi connectivity index (χ4n) is 2.31. The molecule has 2 saturated heterocycles. The quantitative estimate of drug-likeness (QED) is 0.806. The maximum Gasteiger partial charge on any atom is 0.410 e. The van der Waals surface area contributed by atoms with Gasteiger partial charge in [0.15, 0.2) is 0 Å². The maximum absolute atomic E-state index is 11.9. The molecule has 110 valence electrons. The van der Waals surface area contributed by atoms with Gasteiger partial charge < -0.3 is 14.4 Å². The summed E-state index contributed by atoms with van der Waals surface area (Å²) in [4.78, 5) is 13.7. The summed E-state index contributed by atoms with van der Waals surface area (Å²) in [6.07, 6.45) is 0.759. The lowest BCUT2D eigenvalue weighted by atomic mass is 10.2. The van der Waals surface area contributed by atoms with E-state index in [1.54, 1.807) is 4.90 Å². The minimum Gasteiger partial charge on any atom is -0.444 e.